The van der Waals surface area contributed by atoms with Gasteiger partial charge in [0.1, 0.15) is 5.75 Å². The third-order valence-corrected chi connectivity index (χ3v) is 4.08. The molecule has 0 aliphatic heterocycles. The topological polar surface area (TPSA) is 99.0 Å². The van der Waals surface area contributed by atoms with Gasteiger partial charge in [0.25, 0.3) is 5.56 Å². The number of aromatic nitrogens is 4. The van der Waals surface area contributed by atoms with Crippen molar-refractivity contribution in [1.29, 1.82) is 0 Å². The van der Waals surface area contributed by atoms with Crippen molar-refractivity contribution in [3.8, 4) is 5.75 Å². The first kappa shape index (κ1) is 16.7. The van der Waals surface area contributed by atoms with Gasteiger partial charge >= 0.3 is 5.69 Å². The number of carbonyl (C=O) groups excluding carboxylic acids is 1. The molecule has 0 aliphatic carbocycles. The van der Waals surface area contributed by atoms with Gasteiger partial charge in [-0.15, -0.1) is 0 Å². The third-order valence-electron chi connectivity index (χ3n) is 4.08. The van der Waals surface area contributed by atoms with Gasteiger partial charge in [-0.1, -0.05) is 0 Å². The van der Waals surface area contributed by atoms with E-state index in [4.69, 9.17) is 4.74 Å². The van der Waals surface area contributed by atoms with Gasteiger partial charge in [0.2, 0.25) is 0 Å². The number of ketones is 1. The molecule has 1 aromatic carbocycles. The highest BCUT2D eigenvalue weighted by Crippen LogP contribution is 2.20. The number of nitrogens with zero attached hydrogens (tertiary/aromatic N) is 3. The highest BCUT2D eigenvalue weighted by molar-refractivity contribution is 5.99. The van der Waals surface area contributed by atoms with Crippen LogP contribution in [0.3, 0.4) is 0 Å². The number of aryl methyl sites for hydroxylation is 1. The zero-order valence-corrected chi connectivity index (χ0v) is 14.1. The zero-order chi connectivity index (χ0) is 18.1. The zero-order valence-electron chi connectivity index (χ0n) is 14.1. The second-order valence-corrected chi connectivity index (χ2v) is 5.64. The number of H-pyrrole nitrogens is 1. The number of imidazole rings is 1. The van der Waals surface area contributed by atoms with Crippen LogP contribution in [0, 0.1) is 0 Å². The van der Waals surface area contributed by atoms with E-state index in [1.54, 1.807) is 31.2 Å². The van der Waals surface area contributed by atoms with Crippen molar-refractivity contribution in [3.05, 3.63) is 57.0 Å². The molecule has 1 atom stereocenters. The minimum absolute atomic E-state index is 0.171. The lowest BCUT2D eigenvalue weighted by Gasteiger charge is -2.13. The smallest absolute Gasteiger partial charge is 0.329 e. The van der Waals surface area contributed by atoms with Crippen LogP contribution in [0.15, 0.2) is 40.2 Å². The van der Waals surface area contributed by atoms with Crippen molar-refractivity contribution in [1.82, 2.24) is 19.1 Å². The molecule has 0 spiro atoms. The minimum atomic E-state index is -0.651. The largest absolute Gasteiger partial charge is 0.494 e. The van der Waals surface area contributed by atoms with Crippen molar-refractivity contribution in [2.75, 3.05) is 6.61 Å². The van der Waals surface area contributed by atoms with E-state index in [1.807, 2.05) is 6.92 Å². The average Bonchev–Trinajstić information content (AvgIpc) is 3.05. The number of Topliss-reactive ketones (excluding diaryl/α,β-unsaturated/α-hetero) is 1. The van der Waals surface area contributed by atoms with Crippen LogP contribution in [0.4, 0.5) is 0 Å². The molecule has 0 saturated heterocycles. The standard InChI is InChI=1S/C17H18N4O4/c1-4-25-12-7-5-11(6-8-12)14(22)10(2)21-9-18-15-13(21)16(23)19-17(24)20(15)3/h5-10H,4H2,1-3H3,(H,19,23,24). The summed E-state index contributed by atoms with van der Waals surface area (Å²) in [6.45, 7) is 4.12. The molecule has 0 radical (unpaired) electrons. The number of rotatable bonds is 5. The van der Waals surface area contributed by atoms with E-state index in [9.17, 15) is 14.4 Å². The lowest BCUT2D eigenvalue weighted by molar-refractivity contribution is 0.0937. The lowest BCUT2D eigenvalue weighted by Crippen LogP contribution is -2.30. The molecule has 0 amide bonds. The maximum absolute atomic E-state index is 12.7. The van der Waals surface area contributed by atoms with Crippen molar-refractivity contribution in [2.24, 2.45) is 7.05 Å². The summed E-state index contributed by atoms with van der Waals surface area (Å²) in [4.78, 5) is 42.9. The second kappa shape index (κ2) is 6.39. The van der Waals surface area contributed by atoms with Gasteiger partial charge in [-0.2, -0.15) is 0 Å². The van der Waals surface area contributed by atoms with Gasteiger partial charge in [-0.25, -0.2) is 9.78 Å². The van der Waals surface area contributed by atoms with Crippen molar-refractivity contribution in [2.45, 2.75) is 19.9 Å². The highest BCUT2D eigenvalue weighted by Gasteiger charge is 2.21. The van der Waals surface area contributed by atoms with E-state index >= 15 is 0 Å². The molecule has 2 aromatic heterocycles. The number of benzene rings is 1. The predicted molar refractivity (Wildman–Crippen MR) is 92.2 cm³/mol. The number of hydrogen-bond acceptors (Lipinski definition) is 5. The minimum Gasteiger partial charge on any atom is -0.494 e. The summed E-state index contributed by atoms with van der Waals surface area (Å²) < 4.78 is 8.08. The number of carbonyl (C=O) groups is 1. The normalized spacial score (nSPS) is 12.3. The molecule has 2 heterocycles. The first-order valence-electron chi connectivity index (χ1n) is 7.87. The lowest BCUT2D eigenvalue weighted by atomic mass is 10.1. The number of aromatic amines is 1. The molecule has 3 aromatic rings. The van der Waals surface area contributed by atoms with E-state index in [1.165, 1.54) is 22.5 Å². The van der Waals surface area contributed by atoms with Crippen LogP contribution in [-0.4, -0.2) is 31.5 Å². The summed E-state index contributed by atoms with van der Waals surface area (Å²) in [5, 5.41) is 0. The number of hydrogen-bond donors (Lipinski definition) is 1. The van der Waals surface area contributed by atoms with Crippen LogP contribution in [0.25, 0.3) is 11.2 Å². The van der Waals surface area contributed by atoms with Crippen molar-refractivity contribution < 1.29 is 9.53 Å². The Hall–Kier alpha value is -3.16. The molecule has 0 saturated carbocycles. The van der Waals surface area contributed by atoms with Crippen LogP contribution in [0.1, 0.15) is 30.2 Å². The number of fused-ring (bicyclic) bond motifs is 1. The summed E-state index contributed by atoms with van der Waals surface area (Å²) in [6, 6.07) is 6.17. The second-order valence-electron chi connectivity index (χ2n) is 5.64. The van der Waals surface area contributed by atoms with Crippen LogP contribution < -0.4 is 16.0 Å². The summed E-state index contributed by atoms with van der Waals surface area (Å²) >= 11 is 0. The van der Waals surface area contributed by atoms with Gasteiger partial charge in [-0.3, -0.25) is 19.1 Å². The summed E-state index contributed by atoms with van der Waals surface area (Å²) in [7, 11) is 1.51. The molecule has 1 unspecified atom stereocenters. The maximum Gasteiger partial charge on any atom is 0.329 e. The summed E-state index contributed by atoms with van der Waals surface area (Å²) in [5.74, 6) is 0.516. The Kier molecular flexibility index (Phi) is 4.26. The Morgan fingerprint density at radius 2 is 1.96 bits per heavy atom. The van der Waals surface area contributed by atoms with Crippen LogP contribution in [-0.2, 0) is 7.05 Å². The van der Waals surface area contributed by atoms with Gasteiger partial charge in [0.15, 0.2) is 16.9 Å². The van der Waals surface area contributed by atoms with E-state index in [-0.39, 0.29) is 16.9 Å². The number of nitrogens with one attached hydrogen (secondary N) is 1. The Morgan fingerprint density at radius 3 is 2.60 bits per heavy atom. The quantitative estimate of drug-likeness (QED) is 0.704. The van der Waals surface area contributed by atoms with E-state index in [0.717, 1.165) is 0 Å². The molecule has 8 heteroatoms. The van der Waals surface area contributed by atoms with Gasteiger partial charge < -0.3 is 9.30 Å². The molecule has 130 valence electrons. The molecule has 3 rings (SSSR count). The molecular formula is C17H18N4O4. The summed E-state index contributed by atoms with van der Waals surface area (Å²) in [5.41, 5.74) is -0.191. The Labute approximate surface area is 142 Å². The molecule has 0 fully saturated rings. The molecule has 8 nitrogen and oxygen atoms in total. The fraction of sp³-hybridized carbons (Fsp3) is 0.294. The molecule has 25 heavy (non-hydrogen) atoms. The van der Waals surface area contributed by atoms with Gasteiger partial charge in [0.05, 0.1) is 19.0 Å². The molecule has 0 aliphatic rings. The van der Waals surface area contributed by atoms with Crippen molar-refractivity contribution >= 4 is 16.9 Å². The fourth-order valence-electron chi connectivity index (χ4n) is 2.70. The molecular weight excluding hydrogens is 324 g/mol. The van der Waals surface area contributed by atoms with E-state index in [0.29, 0.717) is 17.9 Å². The Bertz CT molecular complexity index is 1040. The molecule has 0 bridgehead atoms. The number of ether oxygens (including phenoxy) is 1. The first-order chi connectivity index (χ1) is 11.9. The summed E-state index contributed by atoms with van der Waals surface area (Å²) in [6.07, 6.45) is 1.40. The first-order valence-corrected chi connectivity index (χ1v) is 7.87. The SMILES string of the molecule is CCOc1ccc(C(=O)C(C)n2cnc3c2c(=O)[nH]c(=O)n3C)cc1. The maximum atomic E-state index is 12.7. The average molecular weight is 342 g/mol. The van der Waals surface area contributed by atoms with E-state index in [2.05, 4.69) is 9.97 Å². The van der Waals surface area contributed by atoms with Gasteiger partial charge in [-0.05, 0) is 38.1 Å². The highest BCUT2D eigenvalue weighted by atomic mass is 16.5. The predicted octanol–water partition coefficient (Wildman–Crippen LogP) is 1.27. The third kappa shape index (κ3) is 2.86. The van der Waals surface area contributed by atoms with Crippen molar-refractivity contribution in [3.63, 3.8) is 0 Å². The Morgan fingerprint density at radius 1 is 1.28 bits per heavy atom. The van der Waals surface area contributed by atoms with E-state index < -0.39 is 17.3 Å². The van der Waals surface area contributed by atoms with Crippen LogP contribution >= 0.6 is 0 Å². The fourth-order valence-corrected chi connectivity index (χ4v) is 2.70. The monoisotopic (exact) mass is 342 g/mol. The Balaban J connectivity index is 2.00. The van der Waals surface area contributed by atoms with Crippen LogP contribution in [0.5, 0.6) is 5.75 Å². The van der Waals surface area contributed by atoms with Crippen LogP contribution in [0.2, 0.25) is 0 Å². The van der Waals surface area contributed by atoms with Gasteiger partial charge in [0, 0.05) is 12.6 Å². The molecule has 1 N–H and O–H groups in total.